The first-order chi connectivity index (χ1) is 12.3. The number of allylic oxidation sites excluding steroid dienone is 1. The maximum absolute atomic E-state index is 14.3. The molecule has 4 rings (SSSR count). The summed E-state index contributed by atoms with van der Waals surface area (Å²) in [7, 11) is 3.86. The Balaban J connectivity index is 1.64. The van der Waals surface area contributed by atoms with Crippen molar-refractivity contribution in [1.82, 2.24) is 10.3 Å². The number of thiol groups is 1. The van der Waals surface area contributed by atoms with Crippen molar-refractivity contribution in [3.63, 3.8) is 0 Å². The predicted octanol–water partition coefficient (Wildman–Crippen LogP) is 3.31. The fraction of sp³-hybridized carbons (Fsp3) is 0.611. The lowest BCUT2D eigenvalue weighted by Gasteiger charge is -2.51. The summed E-state index contributed by atoms with van der Waals surface area (Å²) in [5.74, 6) is -0.270. The number of anilines is 2. The molecule has 3 aliphatic heterocycles. The van der Waals surface area contributed by atoms with Gasteiger partial charge < -0.3 is 15.1 Å². The molecule has 3 aliphatic rings. The summed E-state index contributed by atoms with van der Waals surface area (Å²) in [5.41, 5.74) is 0.0116. The van der Waals surface area contributed by atoms with E-state index >= 15 is 0 Å². The highest BCUT2D eigenvalue weighted by Gasteiger charge is 2.47. The van der Waals surface area contributed by atoms with E-state index in [0.717, 1.165) is 29.5 Å². The summed E-state index contributed by atoms with van der Waals surface area (Å²) in [6.45, 7) is 6.90. The van der Waals surface area contributed by atoms with Crippen LogP contribution in [0.3, 0.4) is 0 Å². The molecule has 2 unspecified atom stereocenters. The van der Waals surface area contributed by atoms with Crippen molar-refractivity contribution in [3.05, 3.63) is 18.0 Å². The summed E-state index contributed by atoms with van der Waals surface area (Å²) in [6, 6.07) is 2.15. The zero-order valence-corrected chi connectivity index (χ0v) is 17.4. The largest absolute Gasteiger partial charge is 0.356 e. The third-order valence-electron chi connectivity index (χ3n) is 6.23. The Morgan fingerprint density at radius 1 is 1.42 bits per heavy atom. The molecule has 0 amide bonds. The van der Waals surface area contributed by atoms with Crippen LogP contribution in [0.25, 0.3) is 0 Å². The van der Waals surface area contributed by atoms with Crippen LogP contribution in [0.15, 0.2) is 28.0 Å². The third-order valence-corrected chi connectivity index (χ3v) is 7.95. The topological polar surface area (TPSA) is 34.1 Å². The summed E-state index contributed by atoms with van der Waals surface area (Å²) < 4.78 is 14.3. The van der Waals surface area contributed by atoms with Gasteiger partial charge in [-0.05, 0) is 39.3 Å². The van der Waals surface area contributed by atoms with Crippen LogP contribution < -0.4 is 15.1 Å². The molecule has 0 saturated carbocycles. The molecular formula is C18H26FN5S2. The summed E-state index contributed by atoms with van der Waals surface area (Å²) in [5, 5.41) is 11.9. The van der Waals surface area contributed by atoms with Crippen molar-refractivity contribution in [2.24, 2.45) is 5.10 Å². The van der Waals surface area contributed by atoms with Crippen LogP contribution in [0.5, 0.6) is 0 Å². The number of hydrazone groups is 1. The molecule has 2 atom stereocenters. The number of nitrogens with zero attached hydrogens (tertiary/aromatic N) is 4. The van der Waals surface area contributed by atoms with Crippen LogP contribution >= 0.6 is 24.0 Å². The van der Waals surface area contributed by atoms with Crippen LogP contribution in [0.2, 0.25) is 0 Å². The molecule has 8 heteroatoms. The molecule has 4 heterocycles. The van der Waals surface area contributed by atoms with Gasteiger partial charge in [-0.15, -0.1) is 12.6 Å². The molecule has 1 spiro atoms. The van der Waals surface area contributed by atoms with E-state index in [1.165, 1.54) is 17.8 Å². The predicted molar refractivity (Wildman–Crippen MR) is 111 cm³/mol. The number of likely N-dealkylation sites (N-methyl/N-ethyl adjacent to an activating group) is 2. The van der Waals surface area contributed by atoms with Gasteiger partial charge in [-0.1, -0.05) is 11.3 Å². The van der Waals surface area contributed by atoms with E-state index in [1.807, 2.05) is 26.0 Å². The Labute approximate surface area is 163 Å². The smallest absolute Gasteiger partial charge is 0.148 e. The molecule has 2 saturated heterocycles. The highest BCUT2D eigenvalue weighted by Crippen LogP contribution is 2.48. The van der Waals surface area contributed by atoms with Gasteiger partial charge >= 0.3 is 0 Å². The normalized spacial score (nSPS) is 31.2. The van der Waals surface area contributed by atoms with Gasteiger partial charge in [0.2, 0.25) is 0 Å². The van der Waals surface area contributed by atoms with Crippen molar-refractivity contribution in [1.29, 1.82) is 0 Å². The summed E-state index contributed by atoms with van der Waals surface area (Å²) in [4.78, 5) is 5.51. The van der Waals surface area contributed by atoms with E-state index in [4.69, 9.17) is 12.6 Å². The second-order valence-corrected chi connectivity index (χ2v) is 9.17. The molecule has 1 N–H and O–H groups in total. The Morgan fingerprint density at radius 3 is 2.81 bits per heavy atom. The molecule has 0 aliphatic carbocycles. The van der Waals surface area contributed by atoms with Crippen LogP contribution in [-0.2, 0) is 0 Å². The molecule has 5 nitrogen and oxygen atoms in total. The fourth-order valence-electron chi connectivity index (χ4n) is 4.12. The van der Waals surface area contributed by atoms with Crippen LogP contribution in [0, 0.1) is 0 Å². The molecule has 2 fully saturated rings. The maximum atomic E-state index is 14.3. The van der Waals surface area contributed by atoms with Gasteiger partial charge in [-0.25, -0.2) is 4.39 Å². The summed E-state index contributed by atoms with van der Waals surface area (Å²) in [6.07, 6.45) is 4.07. The first kappa shape index (κ1) is 18.1. The molecule has 0 aromatic carbocycles. The first-order valence-electron chi connectivity index (χ1n) is 9.00. The molecule has 142 valence electrons. The lowest BCUT2D eigenvalue weighted by Crippen LogP contribution is -2.61. The Morgan fingerprint density at radius 2 is 2.19 bits per heavy atom. The second kappa shape index (κ2) is 6.14. The van der Waals surface area contributed by atoms with Crippen molar-refractivity contribution in [3.8, 4) is 0 Å². The number of halogens is 1. The zero-order chi connectivity index (χ0) is 18.7. The molecule has 26 heavy (non-hydrogen) atoms. The van der Waals surface area contributed by atoms with E-state index < -0.39 is 5.66 Å². The minimum Gasteiger partial charge on any atom is -0.356 e. The van der Waals surface area contributed by atoms with E-state index in [2.05, 4.69) is 26.3 Å². The van der Waals surface area contributed by atoms with Gasteiger partial charge in [0, 0.05) is 38.2 Å². The number of hydrogen-bond acceptors (Lipinski definition) is 7. The number of rotatable bonds is 3. The van der Waals surface area contributed by atoms with E-state index in [0.29, 0.717) is 5.71 Å². The van der Waals surface area contributed by atoms with Crippen molar-refractivity contribution in [2.75, 3.05) is 43.5 Å². The van der Waals surface area contributed by atoms with Gasteiger partial charge in [-0.3, -0.25) is 5.01 Å². The highest BCUT2D eigenvalue weighted by molar-refractivity contribution is 7.80. The third kappa shape index (κ3) is 2.57. The number of hydrogen-bond donors (Lipinski definition) is 2. The molecule has 0 bridgehead atoms. The van der Waals surface area contributed by atoms with Gasteiger partial charge in [0.15, 0.2) is 0 Å². The Hall–Kier alpha value is -1.25. The van der Waals surface area contributed by atoms with Gasteiger partial charge in [0.05, 0.1) is 16.3 Å². The van der Waals surface area contributed by atoms with E-state index in [1.54, 1.807) is 24.3 Å². The monoisotopic (exact) mass is 395 g/mol. The Bertz CT molecular complexity index is 783. The van der Waals surface area contributed by atoms with Crippen LogP contribution in [0.1, 0.15) is 26.7 Å². The fourth-order valence-corrected chi connectivity index (χ4v) is 5.87. The van der Waals surface area contributed by atoms with Crippen LogP contribution in [-0.4, -0.2) is 55.7 Å². The van der Waals surface area contributed by atoms with Gasteiger partial charge in [0.25, 0.3) is 0 Å². The molecule has 0 radical (unpaired) electrons. The molecule has 1 aromatic rings. The SMILES string of the molecule is CC1=NN(C)C(C)(N(C)c2sc(N3CCC34CCNC4)cc2S)C=C1F. The van der Waals surface area contributed by atoms with E-state index in [-0.39, 0.29) is 11.4 Å². The number of nitrogens with one attached hydrogen (secondary N) is 1. The average molecular weight is 396 g/mol. The van der Waals surface area contributed by atoms with Gasteiger partial charge in [0.1, 0.15) is 16.5 Å². The molecule has 1 aromatic heterocycles. The number of thiophene rings is 1. The van der Waals surface area contributed by atoms with Crippen molar-refractivity contribution < 1.29 is 4.39 Å². The summed E-state index contributed by atoms with van der Waals surface area (Å²) >= 11 is 6.46. The first-order valence-corrected chi connectivity index (χ1v) is 10.3. The minimum absolute atomic E-state index is 0.270. The quantitative estimate of drug-likeness (QED) is 0.770. The van der Waals surface area contributed by atoms with Gasteiger partial charge in [-0.2, -0.15) is 5.10 Å². The highest BCUT2D eigenvalue weighted by atomic mass is 32.1. The maximum Gasteiger partial charge on any atom is 0.148 e. The van der Waals surface area contributed by atoms with Crippen molar-refractivity contribution >= 4 is 39.7 Å². The minimum atomic E-state index is -0.676. The average Bonchev–Trinajstić information content (AvgIpc) is 3.20. The lowest BCUT2D eigenvalue weighted by molar-refractivity contribution is 0.185. The zero-order valence-electron chi connectivity index (χ0n) is 15.7. The standard InChI is InChI=1S/C18H26FN5S2/c1-12-13(19)10-17(2,23(4)21-12)22(3)16-14(25)9-15(26-16)24-8-6-18(24)5-7-20-11-18/h9-10,20,25H,5-8,11H2,1-4H3. The second-order valence-electron chi connectivity index (χ2n) is 7.68. The lowest BCUT2D eigenvalue weighted by atomic mass is 9.84. The molecular weight excluding hydrogens is 369 g/mol. The van der Waals surface area contributed by atoms with E-state index in [9.17, 15) is 4.39 Å². The Kier molecular flexibility index (Phi) is 4.28. The van der Waals surface area contributed by atoms with Crippen LogP contribution in [0.4, 0.5) is 14.4 Å². The van der Waals surface area contributed by atoms with Crippen molar-refractivity contribution in [2.45, 2.75) is 42.8 Å².